The van der Waals surface area contributed by atoms with Crippen LogP contribution in [-0.2, 0) is 11.2 Å². The molecule has 8 heteroatoms. The molecule has 0 aromatic heterocycles. The van der Waals surface area contributed by atoms with Crippen LogP contribution in [0.5, 0.6) is 0 Å². The van der Waals surface area contributed by atoms with Gasteiger partial charge in [-0.1, -0.05) is 17.7 Å². The van der Waals surface area contributed by atoms with Crippen molar-refractivity contribution in [2.75, 3.05) is 45.9 Å². The van der Waals surface area contributed by atoms with Gasteiger partial charge in [-0.25, -0.2) is 4.39 Å². The number of nitrogens with one attached hydrogen (secondary N) is 2. The van der Waals surface area contributed by atoms with E-state index in [9.17, 15) is 4.39 Å². The maximum atomic E-state index is 13.1. The van der Waals surface area contributed by atoms with Gasteiger partial charge in [0.05, 0.1) is 19.8 Å². The topological polar surface area (TPSA) is 48.9 Å². The Kier molecular flexibility index (Phi) is 11.4. The van der Waals surface area contributed by atoms with Crippen LogP contribution < -0.4 is 10.6 Å². The highest BCUT2D eigenvalue weighted by atomic mass is 127. The van der Waals surface area contributed by atoms with Crippen molar-refractivity contribution in [2.45, 2.75) is 26.3 Å². The van der Waals surface area contributed by atoms with E-state index in [2.05, 4.69) is 27.4 Å². The van der Waals surface area contributed by atoms with E-state index in [-0.39, 0.29) is 29.8 Å². The van der Waals surface area contributed by atoms with E-state index in [4.69, 9.17) is 16.3 Å². The summed E-state index contributed by atoms with van der Waals surface area (Å²) in [4.78, 5) is 7.07. The van der Waals surface area contributed by atoms with Crippen molar-refractivity contribution in [2.24, 2.45) is 4.99 Å². The van der Waals surface area contributed by atoms with Gasteiger partial charge in [-0.15, -0.1) is 24.0 Å². The Morgan fingerprint density at radius 3 is 2.73 bits per heavy atom. The van der Waals surface area contributed by atoms with E-state index in [1.165, 1.54) is 12.1 Å². The third-order valence-corrected chi connectivity index (χ3v) is 4.58. The first-order chi connectivity index (χ1) is 12.1. The Morgan fingerprint density at radius 2 is 2.08 bits per heavy atom. The molecule has 2 rings (SSSR count). The van der Waals surface area contributed by atoms with Crippen molar-refractivity contribution >= 4 is 41.5 Å². The molecule has 1 atom stereocenters. The summed E-state index contributed by atoms with van der Waals surface area (Å²) in [6.07, 6.45) is 0.711. The Hall–Kier alpha value is -0.640. The van der Waals surface area contributed by atoms with E-state index in [1.807, 2.05) is 6.92 Å². The zero-order valence-electron chi connectivity index (χ0n) is 15.4. The number of morpholine rings is 1. The van der Waals surface area contributed by atoms with Crippen molar-refractivity contribution in [1.29, 1.82) is 0 Å². The second kappa shape index (κ2) is 12.7. The van der Waals surface area contributed by atoms with Crippen LogP contribution in [0.3, 0.4) is 0 Å². The van der Waals surface area contributed by atoms with Crippen molar-refractivity contribution in [3.05, 3.63) is 34.6 Å². The summed E-state index contributed by atoms with van der Waals surface area (Å²) in [6.45, 7) is 9.96. The summed E-state index contributed by atoms with van der Waals surface area (Å²) in [5.41, 5.74) is 0.924. The largest absolute Gasteiger partial charge is 0.379 e. The minimum atomic E-state index is -0.311. The summed E-state index contributed by atoms with van der Waals surface area (Å²) in [6, 6.07) is 4.89. The van der Waals surface area contributed by atoms with E-state index in [1.54, 1.807) is 6.07 Å². The smallest absolute Gasteiger partial charge is 0.191 e. The minimum Gasteiger partial charge on any atom is -0.379 e. The lowest BCUT2D eigenvalue weighted by molar-refractivity contribution is 0.0220. The number of aliphatic imine (C=N–C) groups is 1. The van der Waals surface area contributed by atoms with E-state index in [0.29, 0.717) is 24.0 Å². The molecule has 1 unspecified atom stereocenters. The third-order valence-electron chi connectivity index (χ3n) is 4.23. The highest BCUT2D eigenvalue weighted by Gasteiger charge is 2.16. The molecule has 1 aliphatic heterocycles. The molecule has 1 aromatic carbocycles. The van der Waals surface area contributed by atoms with Gasteiger partial charge in [0, 0.05) is 37.2 Å². The van der Waals surface area contributed by atoms with Gasteiger partial charge in [-0.05, 0) is 38.0 Å². The molecule has 0 amide bonds. The number of rotatable bonds is 7. The number of ether oxygens (including phenoxy) is 1. The first-order valence-electron chi connectivity index (χ1n) is 8.88. The van der Waals surface area contributed by atoms with Crippen LogP contribution in [0.25, 0.3) is 0 Å². The molecular formula is C18H29ClFIN4O. The van der Waals surface area contributed by atoms with Crippen LogP contribution in [-0.4, -0.2) is 62.8 Å². The van der Waals surface area contributed by atoms with Crippen LogP contribution >= 0.6 is 35.6 Å². The average molecular weight is 499 g/mol. The fourth-order valence-electron chi connectivity index (χ4n) is 2.74. The van der Waals surface area contributed by atoms with Gasteiger partial charge in [-0.2, -0.15) is 0 Å². The second-order valence-electron chi connectivity index (χ2n) is 6.13. The standard InChI is InChI=1S/C18H28ClFN4O.HI/c1-3-21-18(23-13-14(2)24-8-10-25-11-9-24)22-7-6-15-4-5-16(20)12-17(15)19;/h4-5,12,14H,3,6-11,13H2,1-2H3,(H2,21,22,23);1H. The van der Waals surface area contributed by atoms with E-state index in [0.717, 1.165) is 50.9 Å². The molecule has 0 spiro atoms. The fourth-order valence-corrected chi connectivity index (χ4v) is 3.00. The van der Waals surface area contributed by atoms with Gasteiger partial charge in [0.25, 0.3) is 0 Å². The summed E-state index contributed by atoms with van der Waals surface area (Å²) < 4.78 is 18.5. The molecule has 1 heterocycles. The lowest BCUT2D eigenvalue weighted by Crippen LogP contribution is -2.44. The number of hydrogen-bond donors (Lipinski definition) is 2. The lowest BCUT2D eigenvalue weighted by atomic mass is 10.1. The molecule has 5 nitrogen and oxygen atoms in total. The van der Waals surface area contributed by atoms with E-state index >= 15 is 0 Å². The fraction of sp³-hybridized carbons (Fsp3) is 0.611. The van der Waals surface area contributed by atoms with Crippen molar-refractivity contribution < 1.29 is 9.13 Å². The monoisotopic (exact) mass is 498 g/mol. The molecule has 2 N–H and O–H groups in total. The van der Waals surface area contributed by atoms with Crippen molar-refractivity contribution in [1.82, 2.24) is 15.5 Å². The maximum absolute atomic E-state index is 13.1. The Balaban J connectivity index is 0.00000338. The predicted molar refractivity (Wildman–Crippen MR) is 116 cm³/mol. The van der Waals surface area contributed by atoms with Gasteiger partial charge in [0.15, 0.2) is 5.96 Å². The van der Waals surface area contributed by atoms with Crippen LogP contribution in [0.15, 0.2) is 23.2 Å². The summed E-state index contributed by atoms with van der Waals surface area (Å²) >= 11 is 6.07. The first kappa shape index (κ1) is 23.4. The lowest BCUT2D eigenvalue weighted by Gasteiger charge is -2.31. The van der Waals surface area contributed by atoms with Crippen molar-refractivity contribution in [3.8, 4) is 0 Å². The highest BCUT2D eigenvalue weighted by Crippen LogP contribution is 2.17. The van der Waals surface area contributed by atoms with Gasteiger partial charge in [0.1, 0.15) is 5.82 Å². The van der Waals surface area contributed by atoms with Gasteiger partial charge >= 0.3 is 0 Å². The molecule has 1 fully saturated rings. The molecule has 0 radical (unpaired) electrons. The molecular weight excluding hydrogens is 470 g/mol. The van der Waals surface area contributed by atoms with E-state index < -0.39 is 0 Å². The first-order valence-corrected chi connectivity index (χ1v) is 9.26. The second-order valence-corrected chi connectivity index (χ2v) is 6.54. The maximum Gasteiger partial charge on any atom is 0.191 e. The Morgan fingerprint density at radius 1 is 1.35 bits per heavy atom. The molecule has 148 valence electrons. The number of guanidine groups is 1. The van der Waals surface area contributed by atoms with Gasteiger partial charge < -0.3 is 15.4 Å². The average Bonchev–Trinajstić information content (AvgIpc) is 2.62. The quantitative estimate of drug-likeness (QED) is 0.345. The normalized spacial score (nSPS) is 16.7. The molecule has 1 saturated heterocycles. The zero-order chi connectivity index (χ0) is 18.1. The summed E-state index contributed by atoms with van der Waals surface area (Å²) in [7, 11) is 0. The van der Waals surface area contributed by atoms with Gasteiger partial charge in [0.2, 0.25) is 0 Å². The zero-order valence-corrected chi connectivity index (χ0v) is 18.5. The number of hydrogen-bond acceptors (Lipinski definition) is 3. The minimum absolute atomic E-state index is 0. The summed E-state index contributed by atoms with van der Waals surface area (Å²) in [5, 5.41) is 7.03. The van der Waals surface area contributed by atoms with Gasteiger partial charge in [-0.3, -0.25) is 9.89 Å². The molecule has 26 heavy (non-hydrogen) atoms. The molecule has 1 aromatic rings. The highest BCUT2D eigenvalue weighted by molar-refractivity contribution is 14.0. The number of nitrogens with zero attached hydrogens (tertiary/aromatic N) is 2. The SMILES string of the molecule is CCNC(=NCC(C)N1CCOCC1)NCCc1ccc(F)cc1Cl.I. The number of halogens is 3. The number of benzene rings is 1. The molecule has 0 aliphatic carbocycles. The van der Waals surface area contributed by atoms with Crippen molar-refractivity contribution in [3.63, 3.8) is 0 Å². The summed E-state index contributed by atoms with van der Waals surface area (Å²) in [5.74, 6) is 0.481. The third kappa shape index (κ3) is 7.94. The Labute approximate surface area is 177 Å². The predicted octanol–water partition coefficient (Wildman–Crippen LogP) is 2.92. The molecule has 1 aliphatic rings. The molecule has 0 bridgehead atoms. The van der Waals surface area contributed by atoms with Crippen LogP contribution in [0.4, 0.5) is 4.39 Å². The molecule has 0 saturated carbocycles. The van der Waals surface area contributed by atoms with Crippen LogP contribution in [0, 0.1) is 5.82 Å². The Bertz CT molecular complexity index is 570. The van der Waals surface area contributed by atoms with Crippen LogP contribution in [0.1, 0.15) is 19.4 Å². The van der Waals surface area contributed by atoms with Crippen LogP contribution in [0.2, 0.25) is 5.02 Å².